The van der Waals surface area contributed by atoms with E-state index in [4.69, 9.17) is 4.74 Å². The summed E-state index contributed by atoms with van der Waals surface area (Å²) in [5.41, 5.74) is -0.958. The number of ether oxygens (including phenoxy) is 1. The van der Waals surface area contributed by atoms with Crippen LogP contribution < -0.4 is 15.4 Å². The van der Waals surface area contributed by atoms with Gasteiger partial charge in [-0.25, -0.2) is 0 Å². The van der Waals surface area contributed by atoms with Crippen molar-refractivity contribution in [2.24, 2.45) is 5.92 Å². The highest BCUT2D eigenvalue weighted by Gasteiger charge is 2.23. The van der Waals surface area contributed by atoms with E-state index in [1.165, 1.54) is 0 Å². The average molecular weight is 350 g/mol. The molecule has 6 nitrogen and oxygen atoms in total. The number of benzene rings is 1. The molecule has 0 aliphatic carbocycles. The molecule has 2 atom stereocenters. The number of amides is 2. The zero-order valence-electron chi connectivity index (χ0n) is 15.5. The molecule has 0 heterocycles. The standard InChI is InChI=1S/C19H30N2O4/c1-14(2)10-11-19(4,24)13-20-18(23)15(3)21-17(22)12-25-16-8-6-5-7-9-16/h5-9,14-15,24H,10-13H2,1-4H3,(H,20,23)(H,21,22). The number of hydrogen-bond donors (Lipinski definition) is 3. The van der Waals surface area contributed by atoms with Crippen molar-refractivity contribution in [3.63, 3.8) is 0 Å². The highest BCUT2D eigenvalue weighted by Crippen LogP contribution is 2.15. The lowest BCUT2D eigenvalue weighted by atomic mass is 9.95. The van der Waals surface area contributed by atoms with Gasteiger partial charge in [0.05, 0.1) is 5.60 Å². The molecule has 0 radical (unpaired) electrons. The molecule has 1 rings (SSSR count). The molecule has 25 heavy (non-hydrogen) atoms. The third-order valence-electron chi connectivity index (χ3n) is 3.79. The molecule has 0 saturated heterocycles. The number of hydrogen-bond acceptors (Lipinski definition) is 4. The van der Waals surface area contributed by atoms with Gasteiger partial charge in [0, 0.05) is 6.54 Å². The summed E-state index contributed by atoms with van der Waals surface area (Å²) in [6.45, 7) is 7.46. The van der Waals surface area contributed by atoms with Gasteiger partial charge in [-0.1, -0.05) is 32.0 Å². The van der Waals surface area contributed by atoms with E-state index in [9.17, 15) is 14.7 Å². The van der Waals surface area contributed by atoms with E-state index >= 15 is 0 Å². The van der Waals surface area contributed by atoms with E-state index in [2.05, 4.69) is 24.5 Å². The van der Waals surface area contributed by atoms with Gasteiger partial charge in [-0.05, 0) is 44.7 Å². The van der Waals surface area contributed by atoms with Gasteiger partial charge >= 0.3 is 0 Å². The fourth-order valence-corrected chi connectivity index (χ4v) is 2.13. The summed E-state index contributed by atoms with van der Waals surface area (Å²) in [5.74, 6) is 0.372. The summed E-state index contributed by atoms with van der Waals surface area (Å²) >= 11 is 0. The van der Waals surface area contributed by atoms with Gasteiger partial charge in [0.15, 0.2) is 6.61 Å². The lowest BCUT2D eigenvalue weighted by molar-refractivity contribution is -0.130. The van der Waals surface area contributed by atoms with Crippen molar-refractivity contribution >= 4 is 11.8 Å². The fraction of sp³-hybridized carbons (Fsp3) is 0.579. The first kappa shape index (κ1) is 21.0. The van der Waals surface area contributed by atoms with Crippen LogP contribution in [0, 0.1) is 5.92 Å². The van der Waals surface area contributed by atoms with Crippen LogP contribution in [0.2, 0.25) is 0 Å². The molecular formula is C19H30N2O4. The normalized spacial score (nSPS) is 14.5. The molecule has 3 N–H and O–H groups in total. The molecule has 1 aromatic carbocycles. The third kappa shape index (κ3) is 9.10. The second-order valence-corrected chi connectivity index (χ2v) is 7.04. The van der Waals surface area contributed by atoms with Crippen LogP contribution in [0.3, 0.4) is 0 Å². The summed E-state index contributed by atoms with van der Waals surface area (Å²) in [6.07, 6.45) is 1.49. The zero-order valence-corrected chi connectivity index (χ0v) is 15.5. The van der Waals surface area contributed by atoms with E-state index in [0.717, 1.165) is 6.42 Å². The molecular weight excluding hydrogens is 320 g/mol. The van der Waals surface area contributed by atoms with Crippen LogP contribution in [0.1, 0.15) is 40.5 Å². The van der Waals surface area contributed by atoms with Crippen LogP contribution >= 0.6 is 0 Å². The fourth-order valence-electron chi connectivity index (χ4n) is 2.13. The van der Waals surface area contributed by atoms with Crippen molar-refractivity contribution in [2.45, 2.75) is 52.2 Å². The lowest BCUT2D eigenvalue weighted by Gasteiger charge is -2.25. The summed E-state index contributed by atoms with van der Waals surface area (Å²) in [4.78, 5) is 23.9. The minimum atomic E-state index is -0.958. The van der Waals surface area contributed by atoms with Crippen molar-refractivity contribution in [3.8, 4) is 5.75 Å². The molecule has 1 aromatic rings. The van der Waals surface area contributed by atoms with Crippen LogP contribution in [-0.2, 0) is 9.59 Å². The maximum absolute atomic E-state index is 12.1. The molecule has 6 heteroatoms. The van der Waals surface area contributed by atoms with Gasteiger partial charge in [0.25, 0.3) is 5.91 Å². The van der Waals surface area contributed by atoms with Crippen LogP contribution in [0.25, 0.3) is 0 Å². The molecule has 140 valence electrons. The van der Waals surface area contributed by atoms with E-state index < -0.39 is 11.6 Å². The number of rotatable bonds is 10. The van der Waals surface area contributed by atoms with Crippen molar-refractivity contribution in [3.05, 3.63) is 30.3 Å². The zero-order chi connectivity index (χ0) is 18.9. The van der Waals surface area contributed by atoms with Crippen LogP contribution in [0.5, 0.6) is 5.75 Å². The van der Waals surface area contributed by atoms with E-state index in [1.807, 2.05) is 18.2 Å². The van der Waals surface area contributed by atoms with Crippen molar-refractivity contribution in [1.29, 1.82) is 0 Å². The first-order chi connectivity index (χ1) is 11.7. The second-order valence-electron chi connectivity index (χ2n) is 7.04. The molecule has 0 spiro atoms. The van der Waals surface area contributed by atoms with Gasteiger partial charge in [-0.15, -0.1) is 0 Å². The number of carbonyl (C=O) groups excluding carboxylic acids is 2. The molecule has 2 amide bonds. The maximum atomic E-state index is 12.1. The molecule has 0 fully saturated rings. The summed E-state index contributed by atoms with van der Waals surface area (Å²) in [6, 6.07) is 8.29. The highest BCUT2D eigenvalue weighted by molar-refractivity contribution is 5.87. The Labute approximate surface area is 150 Å². The predicted molar refractivity (Wildman–Crippen MR) is 97.2 cm³/mol. The van der Waals surface area contributed by atoms with Gasteiger partial charge in [0.1, 0.15) is 11.8 Å². The van der Waals surface area contributed by atoms with Crippen molar-refractivity contribution in [2.75, 3.05) is 13.2 Å². The highest BCUT2D eigenvalue weighted by atomic mass is 16.5. The van der Waals surface area contributed by atoms with Crippen LogP contribution in [0.15, 0.2) is 30.3 Å². The third-order valence-corrected chi connectivity index (χ3v) is 3.79. The maximum Gasteiger partial charge on any atom is 0.258 e. The molecule has 0 aliphatic rings. The Bertz CT molecular complexity index is 544. The first-order valence-corrected chi connectivity index (χ1v) is 8.67. The van der Waals surface area contributed by atoms with Crippen molar-refractivity contribution < 1.29 is 19.4 Å². The molecule has 0 aliphatic heterocycles. The second kappa shape index (κ2) is 10.0. The Morgan fingerprint density at radius 3 is 2.44 bits per heavy atom. The Kier molecular flexibility index (Phi) is 8.41. The Morgan fingerprint density at radius 2 is 1.84 bits per heavy atom. The van der Waals surface area contributed by atoms with Gasteiger partial charge in [-0.2, -0.15) is 0 Å². The Morgan fingerprint density at radius 1 is 1.20 bits per heavy atom. The van der Waals surface area contributed by atoms with Gasteiger partial charge in [0.2, 0.25) is 5.91 Å². The van der Waals surface area contributed by atoms with Gasteiger partial charge < -0.3 is 20.5 Å². The van der Waals surface area contributed by atoms with E-state index in [1.54, 1.807) is 26.0 Å². The minimum absolute atomic E-state index is 0.152. The predicted octanol–water partition coefficient (Wildman–Crippen LogP) is 1.87. The number of para-hydroxylation sites is 1. The quantitative estimate of drug-likeness (QED) is 0.601. The Hall–Kier alpha value is -2.08. The monoisotopic (exact) mass is 350 g/mol. The molecule has 0 bridgehead atoms. The molecule has 0 saturated carbocycles. The number of nitrogens with one attached hydrogen (secondary N) is 2. The average Bonchev–Trinajstić information content (AvgIpc) is 2.57. The SMILES string of the molecule is CC(C)CCC(C)(O)CNC(=O)C(C)NC(=O)COc1ccccc1. The van der Waals surface area contributed by atoms with Crippen molar-refractivity contribution in [1.82, 2.24) is 10.6 Å². The Balaban J connectivity index is 2.32. The number of aliphatic hydroxyl groups is 1. The molecule has 2 unspecified atom stereocenters. The number of carbonyl (C=O) groups is 2. The van der Waals surface area contributed by atoms with Gasteiger partial charge in [-0.3, -0.25) is 9.59 Å². The molecule has 0 aromatic heterocycles. The van der Waals surface area contributed by atoms with Crippen LogP contribution in [0.4, 0.5) is 0 Å². The minimum Gasteiger partial charge on any atom is -0.484 e. The lowest BCUT2D eigenvalue weighted by Crippen LogP contribution is -2.49. The summed E-state index contributed by atoms with van der Waals surface area (Å²) in [5, 5.41) is 15.5. The summed E-state index contributed by atoms with van der Waals surface area (Å²) < 4.78 is 5.33. The van der Waals surface area contributed by atoms with E-state index in [0.29, 0.717) is 18.1 Å². The largest absolute Gasteiger partial charge is 0.484 e. The smallest absolute Gasteiger partial charge is 0.258 e. The first-order valence-electron chi connectivity index (χ1n) is 8.67. The van der Waals surface area contributed by atoms with Crippen LogP contribution in [-0.4, -0.2) is 41.7 Å². The van der Waals surface area contributed by atoms with E-state index in [-0.39, 0.29) is 25.0 Å². The summed E-state index contributed by atoms with van der Waals surface area (Å²) in [7, 11) is 0. The topological polar surface area (TPSA) is 87.7 Å².